The van der Waals surface area contributed by atoms with E-state index in [0.717, 1.165) is 11.3 Å². The molecule has 0 saturated heterocycles. The van der Waals surface area contributed by atoms with Gasteiger partial charge in [0.15, 0.2) is 0 Å². The molecule has 0 bridgehead atoms. The summed E-state index contributed by atoms with van der Waals surface area (Å²) in [5, 5.41) is 3.11. The number of ether oxygens (including phenoxy) is 1. The lowest BCUT2D eigenvalue weighted by atomic mass is 10.2. The Morgan fingerprint density at radius 2 is 2.10 bits per heavy atom. The van der Waals surface area contributed by atoms with E-state index in [0.29, 0.717) is 10.9 Å². The largest absolute Gasteiger partial charge is 0.373 e. The Hall–Kier alpha value is -0.370. The first-order valence-corrected chi connectivity index (χ1v) is 7.28. The summed E-state index contributed by atoms with van der Waals surface area (Å²) in [7, 11) is 0. The first kappa shape index (κ1) is 17.7. The van der Waals surface area contributed by atoms with Gasteiger partial charge in [-0.1, -0.05) is 18.5 Å². The Morgan fingerprint density at radius 1 is 1.40 bits per heavy atom. The average molecular weight is 334 g/mol. The van der Waals surface area contributed by atoms with E-state index >= 15 is 0 Å². The van der Waals surface area contributed by atoms with Crippen molar-refractivity contribution in [2.45, 2.75) is 31.7 Å². The molecule has 8 heteroatoms. The molecular formula is C12H16ClF4NOS. The van der Waals surface area contributed by atoms with E-state index in [1.807, 2.05) is 6.92 Å². The molecule has 0 amide bonds. The van der Waals surface area contributed by atoms with Crippen molar-refractivity contribution in [1.82, 2.24) is 5.32 Å². The molecule has 1 N–H and O–H groups in total. The van der Waals surface area contributed by atoms with Crippen molar-refractivity contribution in [3.8, 4) is 0 Å². The van der Waals surface area contributed by atoms with Crippen LogP contribution < -0.4 is 5.32 Å². The molecule has 1 rings (SSSR count). The summed E-state index contributed by atoms with van der Waals surface area (Å²) in [4.78, 5) is 0.823. The summed E-state index contributed by atoms with van der Waals surface area (Å²) in [6.07, 6.45) is -2.87. The summed E-state index contributed by atoms with van der Waals surface area (Å²) >= 11 is 7.12. The van der Waals surface area contributed by atoms with Crippen molar-refractivity contribution >= 4 is 22.9 Å². The lowest BCUT2D eigenvalue weighted by Crippen LogP contribution is -2.34. The predicted octanol–water partition coefficient (Wildman–Crippen LogP) is 4.36. The Kier molecular flexibility index (Phi) is 7.22. The first-order chi connectivity index (χ1) is 9.36. The fraction of sp³-hybridized carbons (Fsp3) is 0.667. The van der Waals surface area contributed by atoms with Gasteiger partial charge in [-0.25, -0.2) is 8.78 Å². The van der Waals surface area contributed by atoms with Gasteiger partial charge in [-0.2, -0.15) is 8.78 Å². The highest BCUT2D eigenvalue weighted by molar-refractivity contribution is 7.16. The maximum absolute atomic E-state index is 12.7. The lowest BCUT2D eigenvalue weighted by Gasteiger charge is -2.20. The van der Waals surface area contributed by atoms with Gasteiger partial charge in [0.1, 0.15) is 6.61 Å². The second-order valence-electron chi connectivity index (χ2n) is 4.23. The van der Waals surface area contributed by atoms with E-state index in [1.54, 1.807) is 12.1 Å². The quantitative estimate of drug-likeness (QED) is 0.678. The molecule has 1 unspecified atom stereocenters. The zero-order valence-corrected chi connectivity index (χ0v) is 12.4. The standard InChI is InChI=1S/C12H16ClF4NOS/c1-2-5-18-8(9-3-4-10(13)20-9)6-19-7-12(16,17)11(14)15/h3-4,8,11,18H,2,5-7H2,1H3. The molecule has 0 radical (unpaired) electrons. The van der Waals surface area contributed by atoms with Crippen molar-refractivity contribution in [3.05, 3.63) is 21.3 Å². The molecule has 1 heterocycles. The zero-order chi connectivity index (χ0) is 15.2. The van der Waals surface area contributed by atoms with Crippen LogP contribution >= 0.6 is 22.9 Å². The van der Waals surface area contributed by atoms with E-state index in [4.69, 9.17) is 16.3 Å². The number of rotatable bonds is 9. The minimum absolute atomic E-state index is 0.112. The summed E-state index contributed by atoms with van der Waals surface area (Å²) in [5.74, 6) is -4.12. The van der Waals surface area contributed by atoms with Crippen LogP contribution in [0, 0.1) is 0 Å². The van der Waals surface area contributed by atoms with Gasteiger partial charge < -0.3 is 10.1 Å². The van der Waals surface area contributed by atoms with Crippen molar-refractivity contribution < 1.29 is 22.3 Å². The molecular weight excluding hydrogens is 318 g/mol. The molecule has 0 aliphatic rings. The van der Waals surface area contributed by atoms with Gasteiger partial charge in [0, 0.05) is 4.88 Å². The van der Waals surface area contributed by atoms with Gasteiger partial charge in [0.05, 0.1) is 17.0 Å². The Balaban J connectivity index is 2.53. The van der Waals surface area contributed by atoms with Crippen LogP contribution in [-0.4, -0.2) is 32.1 Å². The van der Waals surface area contributed by atoms with Crippen LogP contribution in [0.15, 0.2) is 12.1 Å². The Bertz CT molecular complexity index is 403. The smallest absolute Gasteiger partial charge is 0.330 e. The highest BCUT2D eigenvalue weighted by atomic mass is 35.5. The van der Waals surface area contributed by atoms with Crippen LogP contribution in [0.25, 0.3) is 0 Å². The Labute approximate surface area is 124 Å². The lowest BCUT2D eigenvalue weighted by molar-refractivity contribution is -0.167. The van der Waals surface area contributed by atoms with E-state index in [1.165, 1.54) is 11.3 Å². The van der Waals surface area contributed by atoms with Crippen LogP contribution in [0.3, 0.4) is 0 Å². The molecule has 116 valence electrons. The van der Waals surface area contributed by atoms with Gasteiger partial charge in [0.2, 0.25) is 0 Å². The molecule has 0 aliphatic carbocycles. The van der Waals surface area contributed by atoms with Crippen molar-refractivity contribution in [2.75, 3.05) is 19.8 Å². The second kappa shape index (κ2) is 8.17. The van der Waals surface area contributed by atoms with E-state index < -0.39 is 19.0 Å². The van der Waals surface area contributed by atoms with Gasteiger partial charge >= 0.3 is 12.3 Å². The summed E-state index contributed by atoms with van der Waals surface area (Å²) < 4.78 is 54.8. The zero-order valence-electron chi connectivity index (χ0n) is 10.8. The Morgan fingerprint density at radius 3 is 2.60 bits per heavy atom. The number of alkyl halides is 4. The van der Waals surface area contributed by atoms with Crippen LogP contribution in [0.1, 0.15) is 24.3 Å². The van der Waals surface area contributed by atoms with Crippen LogP contribution in [0.4, 0.5) is 17.6 Å². The highest BCUT2D eigenvalue weighted by Gasteiger charge is 2.41. The maximum atomic E-state index is 12.7. The van der Waals surface area contributed by atoms with Crippen LogP contribution in [0.5, 0.6) is 0 Å². The first-order valence-electron chi connectivity index (χ1n) is 6.09. The second-order valence-corrected chi connectivity index (χ2v) is 5.97. The number of halogens is 5. The number of thiophene rings is 1. The summed E-state index contributed by atoms with van der Waals surface area (Å²) in [5.41, 5.74) is 0. The fourth-order valence-electron chi connectivity index (χ4n) is 1.45. The normalized spacial score (nSPS) is 13.9. The topological polar surface area (TPSA) is 21.3 Å². The molecule has 0 aromatic carbocycles. The highest BCUT2D eigenvalue weighted by Crippen LogP contribution is 2.28. The molecule has 0 saturated carbocycles. The van der Waals surface area contributed by atoms with Gasteiger partial charge in [-0.15, -0.1) is 11.3 Å². The third-order valence-electron chi connectivity index (χ3n) is 2.48. The molecule has 0 spiro atoms. The third-order valence-corrected chi connectivity index (χ3v) is 3.82. The molecule has 2 nitrogen and oxygen atoms in total. The maximum Gasteiger partial charge on any atom is 0.330 e. The van der Waals surface area contributed by atoms with Crippen molar-refractivity contribution in [1.29, 1.82) is 0 Å². The SMILES string of the molecule is CCCNC(COCC(F)(F)C(F)F)c1ccc(Cl)s1. The van der Waals surface area contributed by atoms with E-state index in [2.05, 4.69) is 5.32 Å². The predicted molar refractivity (Wildman–Crippen MR) is 72.1 cm³/mol. The van der Waals surface area contributed by atoms with Crippen LogP contribution in [-0.2, 0) is 4.74 Å². The number of hydrogen-bond donors (Lipinski definition) is 1. The molecule has 20 heavy (non-hydrogen) atoms. The molecule has 0 aliphatic heterocycles. The third kappa shape index (κ3) is 5.55. The van der Waals surface area contributed by atoms with Crippen LogP contribution in [0.2, 0.25) is 4.34 Å². The minimum atomic E-state index is -4.12. The van der Waals surface area contributed by atoms with Gasteiger partial charge in [-0.3, -0.25) is 0 Å². The molecule has 1 aromatic heterocycles. The number of nitrogens with one attached hydrogen (secondary N) is 1. The van der Waals surface area contributed by atoms with E-state index in [9.17, 15) is 17.6 Å². The molecule has 1 atom stereocenters. The molecule has 1 aromatic rings. The van der Waals surface area contributed by atoms with Crippen molar-refractivity contribution in [2.24, 2.45) is 0 Å². The average Bonchev–Trinajstić information content (AvgIpc) is 2.79. The minimum Gasteiger partial charge on any atom is -0.373 e. The van der Waals surface area contributed by atoms with E-state index in [-0.39, 0.29) is 12.6 Å². The summed E-state index contributed by atoms with van der Waals surface area (Å²) in [6, 6.07) is 3.12. The monoisotopic (exact) mass is 333 g/mol. The molecule has 0 fully saturated rings. The van der Waals surface area contributed by atoms with Gasteiger partial charge in [0.25, 0.3) is 0 Å². The summed E-state index contributed by atoms with van der Waals surface area (Å²) in [6.45, 7) is 1.21. The van der Waals surface area contributed by atoms with Crippen molar-refractivity contribution in [3.63, 3.8) is 0 Å². The fourth-order valence-corrected chi connectivity index (χ4v) is 2.57. The number of hydrogen-bond acceptors (Lipinski definition) is 3. The van der Waals surface area contributed by atoms with Gasteiger partial charge in [-0.05, 0) is 25.1 Å².